The minimum atomic E-state index is 0.194. The zero-order chi connectivity index (χ0) is 21.1. The number of para-hydroxylation sites is 2. The van der Waals surface area contributed by atoms with E-state index in [1.165, 1.54) is 0 Å². The third-order valence-electron chi connectivity index (χ3n) is 3.93. The summed E-state index contributed by atoms with van der Waals surface area (Å²) in [6.45, 7) is 3.82. The molecule has 0 atom stereocenters. The Labute approximate surface area is 185 Å². The second-order valence-electron chi connectivity index (χ2n) is 5.88. The van der Waals surface area contributed by atoms with Gasteiger partial charge in [0.2, 0.25) is 0 Å². The van der Waals surface area contributed by atoms with E-state index in [9.17, 15) is 0 Å². The van der Waals surface area contributed by atoms with Gasteiger partial charge in [-0.3, -0.25) is 0 Å². The van der Waals surface area contributed by atoms with Gasteiger partial charge in [0, 0.05) is 7.05 Å². The normalized spacial score (nSPS) is 11.6. The molecule has 0 aliphatic carbocycles. The van der Waals surface area contributed by atoms with Gasteiger partial charge in [-0.05, 0) is 50.2 Å². The van der Waals surface area contributed by atoms with E-state index in [4.69, 9.17) is 29.9 Å². The first-order valence-corrected chi connectivity index (χ1v) is 11.7. The quantitative estimate of drug-likeness (QED) is 0.250. The van der Waals surface area contributed by atoms with Gasteiger partial charge < -0.3 is 14.2 Å². The van der Waals surface area contributed by atoms with Crippen LogP contribution in [-0.2, 0) is 20.2 Å². The fourth-order valence-electron chi connectivity index (χ4n) is 2.54. The van der Waals surface area contributed by atoms with Crippen LogP contribution >= 0.6 is 20.2 Å². The number of aromatic nitrogens is 1. The Balaban J connectivity index is 0.000000941. The molecule has 0 saturated heterocycles. The second-order valence-corrected chi connectivity index (χ2v) is 7.70. The molecule has 29 heavy (non-hydrogen) atoms. The van der Waals surface area contributed by atoms with Crippen molar-refractivity contribution >= 4 is 31.6 Å². The van der Waals surface area contributed by atoms with Crippen LogP contribution in [0.5, 0.6) is 11.5 Å². The van der Waals surface area contributed by atoms with E-state index >= 15 is 0 Å². The first kappa shape index (κ1) is 23.0. The van der Waals surface area contributed by atoms with Crippen LogP contribution in [0.15, 0.2) is 83.1 Å². The van der Waals surface area contributed by atoms with Crippen LogP contribution in [-0.4, -0.2) is 16.0 Å². The molecule has 0 aliphatic rings. The first-order chi connectivity index (χ1) is 14.1. The van der Waals surface area contributed by atoms with Gasteiger partial charge in [-0.2, -0.15) is 0 Å². The number of hydrogen-bond donors (Lipinski definition) is 0. The van der Waals surface area contributed by atoms with Crippen molar-refractivity contribution in [3.63, 3.8) is 0 Å². The molecule has 0 bridgehead atoms. The molecule has 0 unspecified atom stereocenters. The molecule has 0 radical (unpaired) electrons. The first-order valence-electron chi connectivity index (χ1n) is 8.61. The summed E-state index contributed by atoms with van der Waals surface area (Å²) in [6, 6.07) is 23.0. The van der Waals surface area contributed by atoms with E-state index in [1.54, 1.807) is 0 Å². The van der Waals surface area contributed by atoms with Crippen LogP contribution in [0, 0.1) is 0 Å². The van der Waals surface area contributed by atoms with E-state index in [1.807, 2.05) is 98.3 Å². The predicted octanol–water partition coefficient (Wildman–Crippen LogP) is 6.01. The van der Waals surface area contributed by atoms with Crippen molar-refractivity contribution in [1.82, 2.24) is 4.57 Å². The summed E-state index contributed by atoms with van der Waals surface area (Å²) in [5.74, 6) is 1.41. The summed E-state index contributed by atoms with van der Waals surface area (Å²) in [5.41, 5.74) is 3.45. The molecule has 0 N–H and O–H groups in total. The maximum atomic E-state index is 5.47. The van der Waals surface area contributed by atoms with Crippen molar-refractivity contribution < 1.29 is 22.8 Å². The monoisotopic (exact) mass is 473 g/mol. The van der Waals surface area contributed by atoms with E-state index in [2.05, 4.69) is 10.3 Å². The molecule has 1 aromatic heterocycles. The fourth-order valence-corrected chi connectivity index (χ4v) is 2.54. The summed E-state index contributed by atoms with van der Waals surface area (Å²) in [7, 11) is 11.5. The number of nitrogens with zero attached hydrogens (tertiary/aromatic N) is 3. The summed E-state index contributed by atoms with van der Waals surface area (Å²) in [4.78, 5) is 10.9. The molecular weight excluding hydrogens is 453 g/mol. The molecule has 3 aromatic rings. The molecule has 0 fully saturated rings. The molecule has 8 heteroatoms. The third kappa shape index (κ3) is 7.26. The number of hydrogen-bond acceptors (Lipinski definition) is 4. The Kier molecular flexibility index (Phi) is 9.81. The number of halogens is 2. The van der Waals surface area contributed by atoms with E-state index in [-0.39, 0.29) is 13.1 Å². The molecule has 3 rings (SSSR count). The number of oxime groups is 2. The number of rotatable bonds is 6. The average Bonchev–Trinajstić information content (AvgIpc) is 3.14. The van der Waals surface area contributed by atoms with Gasteiger partial charge >= 0.3 is 33.3 Å². The van der Waals surface area contributed by atoms with Gasteiger partial charge in [0.25, 0.3) is 0 Å². The van der Waals surface area contributed by atoms with Crippen LogP contribution in [0.3, 0.4) is 0 Å². The molecule has 0 spiro atoms. The number of benzene rings is 2. The Morgan fingerprint density at radius 2 is 1.07 bits per heavy atom. The van der Waals surface area contributed by atoms with Crippen LogP contribution < -0.4 is 9.68 Å². The third-order valence-corrected chi connectivity index (χ3v) is 3.93. The van der Waals surface area contributed by atoms with Gasteiger partial charge in [0.15, 0.2) is 11.5 Å². The van der Waals surface area contributed by atoms with Gasteiger partial charge in [0.05, 0.1) is 11.4 Å². The Morgan fingerprint density at radius 3 is 1.41 bits per heavy atom. The standard InChI is InChI=1S/C21H21N3O2.2ClH.Fe/c1-16(22-25-18-10-6-4-7-11-18)20-14-15-21(24(20)3)17(2)23-26-19-12-8-5-9-13-19;;;/h4-15H,1-3H3;2*1H;/q;;;+2/p-2/b22-16+,23-17+;;;. The Morgan fingerprint density at radius 1 is 0.724 bits per heavy atom. The van der Waals surface area contributed by atoms with Gasteiger partial charge in [0.1, 0.15) is 11.4 Å². The van der Waals surface area contributed by atoms with Crippen molar-refractivity contribution in [2.24, 2.45) is 17.4 Å². The van der Waals surface area contributed by atoms with Crippen molar-refractivity contribution in [1.29, 1.82) is 0 Å². The molecule has 2 aromatic carbocycles. The van der Waals surface area contributed by atoms with E-state index in [0.717, 1.165) is 22.8 Å². The molecule has 0 saturated carbocycles. The van der Waals surface area contributed by atoms with Crippen molar-refractivity contribution in [2.75, 3.05) is 0 Å². The zero-order valence-electron chi connectivity index (χ0n) is 16.2. The van der Waals surface area contributed by atoms with Crippen LogP contribution in [0.2, 0.25) is 0 Å². The topological polar surface area (TPSA) is 48.1 Å². The molecule has 0 aliphatic heterocycles. The summed E-state index contributed by atoms with van der Waals surface area (Å²) >= 11 is 0.194. The predicted molar refractivity (Wildman–Crippen MR) is 116 cm³/mol. The summed E-state index contributed by atoms with van der Waals surface area (Å²) in [6.07, 6.45) is 0. The second kappa shape index (κ2) is 12.3. The van der Waals surface area contributed by atoms with Crippen molar-refractivity contribution in [2.45, 2.75) is 13.8 Å². The van der Waals surface area contributed by atoms with Gasteiger partial charge in [-0.25, -0.2) is 0 Å². The van der Waals surface area contributed by atoms with Crippen LogP contribution in [0.25, 0.3) is 0 Å². The molecule has 5 nitrogen and oxygen atoms in total. The summed E-state index contributed by atoms with van der Waals surface area (Å²) in [5, 5.41) is 8.43. The van der Waals surface area contributed by atoms with Crippen molar-refractivity contribution in [3.05, 3.63) is 84.2 Å². The average molecular weight is 474 g/mol. The zero-order valence-corrected chi connectivity index (χ0v) is 18.8. The van der Waals surface area contributed by atoms with Gasteiger partial charge in [-0.15, -0.1) is 0 Å². The SMILES string of the molecule is C/C(=N\Oc1ccccc1)c1ccc(/C(C)=N/Oc2ccccc2)n1C.[Cl][Fe][Cl]. The minimum absolute atomic E-state index is 0.194. The maximum absolute atomic E-state index is 5.47. The Bertz CT molecular complexity index is 870. The van der Waals surface area contributed by atoms with Gasteiger partial charge in [-0.1, -0.05) is 46.7 Å². The molecular formula is C21H21Cl2FeN3O2. The van der Waals surface area contributed by atoms with Crippen LogP contribution in [0.4, 0.5) is 0 Å². The summed E-state index contributed by atoms with van der Waals surface area (Å²) < 4.78 is 2.01. The molecule has 1 heterocycles. The Hall–Kier alpha value is -2.24. The van der Waals surface area contributed by atoms with Crippen molar-refractivity contribution in [3.8, 4) is 11.5 Å². The van der Waals surface area contributed by atoms with E-state index < -0.39 is 0 Å². The van der Waals surface area contributed by atoms with Crippen LogP contribution in [0.1, 0.15) is 25.2 Å². The van der Waals surface area contributed by atoms with E-state index in [0.29, 0.717) is 11.5 Å². The molecule has 154 valence electrons. The fraction of sp³-hybridized carbons (Fsp3) is 0.143. The molecule has 0 amide bonds.